The van der Waals surface area contributed by atoms with Crippen LogP contribution in [0.4, 0.5) is 5.88 Å². The van der Waals surface area contributed by atoms with Gasteiger partial charge in [-0.1, -0.05) is 0 Å². The molecule has 8 heteroatoms. The lowest BCUT2D eigenvalue weighted by atomic mass is 9.84. The van der Waals surface area contributed by atoms with Gasteiger partial charge in [0.15, 0.2) is 5.88 Å². The first-order chi connectivity index (χ1) is 13.2. The summed E-state index contributed by atoms with van der Waals surface area (Å²) in [5.41, 5.74) is 0.987. The summed E-state index contributed by atoms with van der Waals surface area (Å²) in [7, 11) is 0. The van der Waals surface area contributed by atoms with E-state index in [2.05, 4.69) is 20.5 Å². The summed E-state index contributed by atoms with van der Waals surface area (Å²) in [6, 6.07) is 3.77. The Hall–Kier alpha value is -2.61. The molecule has 0 aliphatic carbocycles. The van der Waals surface area contributed by atoms with E-state index in [4.69, 9.17) is 4.42 Å². The second-order valence-electron chi connectivity index (χ2n) is 7.68. The topological polar surface area (TPSA) is 90.7 Å². The van der Waals surface area contributed by atoms with Crippen molar-refractivity contribution in [2.45, 2.75) is 18.9 Å². The van der Waals surface area contributed by atoms with E-state index in [0.717, 1.165) is 37.9 Å². The van der Waals surface area contributed by atoms with Gasteiger partial charge in [-0.2, -0.15) is 0 Å². The summed E-state index contributed by atoms with van der Waals surface area (Å²) in [5, 5.41) is 6.79. The van der Waals surface area contributed by atoms with E-state index in [1.54, 1.807) is 12.3 Å². The maximum Gasteiger partial charge on any atom is 0.270 e. The Morgan fingerprint density at radius 1 is 1.26 bits per heavy atom. The summed E-state index contributed by atoms with van der Waals surface area (Å²) in [6.45, 7) is 4.80. The molecule has 2 aromatic heterocycles. The summed E-state index contributed by atoms with van der Waals surface area (Å²) in [6.07, 6.45) is 3.97. The number of hydrogen-bond acceptors (Lipinski definition) is 6. The quantitative estimate of drug-likeness (QED) is 0.823. The molecule has 2 amide bonds. The van der Waals surface area contributed by atoms with Crippen molar-refractivity contribution in [2.75, 3.05) is 44.2 Å². The molecule has 2 bridgehead atoms. The number of carbonyl (C=O) groups is 2. The standard InChI is InChI=1S/C19H23N5O3/c25-17-11-24(6-3-20-17)18-7-13-9-21-14(8-16(13)27-18)19(26)22-15-10-23-4-1-12(15)2-5-23/h7-9,12,15H,1-6,10-11H2,(H,20,25)(H,22,26)/t15-/m0/s1. The van der Waals surface area contributed by atoms with Crippen LogP contribution in [0.15, 0.2) is 22.7 Å². The normalized spacial score (nSPS) is 27.6. The summed E-state index contributed by atoms with van der Waals surface area (Å²) < 4.78 is 5.90. The van der Waals surface area contributed by atoms with Crippen molar-refractivity contribution in [3.05, 3.63) is 24.0 Å². The Morgan fingerprint density at radius 3 is 2.85 bits per heavy atom. The average molecular weight is 369 g/mol. The van der Waals surface area contributed by atoms with Crippen molar-refractivity contribution in [1.29, 1.82) is 0 Å². The molecule has 27 heavy (non-hydrogen) atoms. The van der Waals surface area contributed by atoms with Crippen molar-refractivity contribution in [3.63, 3.8) is 0 Å². The van der Waals surface area contributed by atoms with Crippen LogP contribution >= 0.6 is 0 Å². The molecule has 4 saturated heterocycles. The molecule has 4 aliphatic heterocycles. The Morgan fingerprint density at radius 2 is 2.11 bits per heavy atom. The fourth-order valence-electron chi connectivity index (χ4n) is 4.40. The van der Waals surface area contributed by atoms with E-state index in [9.17, 15) is 9.59 Å². The number of anilines is 1. The number of hydrogen-bond donors (Lipinski definition) is 2. The average Bonchev–Trinajstić information content (AvgIpc) is 3.12. The van der Waals surface area contributed by atoms with Crippen molar-refractivity contribution in [1.82, 2.24) is 20.5 Å². The highest BCUT2D eigenvalue weighted by molar-refractivity contribution is 5.96. The lowest BCUT2D eigenvalue weighted by Crippen LogP contribution is -2.57. The van der Waals surface area contributed by atoms with Gasteiger partial charge in [0, 0.05) is 49.4 Å². The van der Waals surface area contributed by atoms with Gasteiger partial charge in [-0.05, 0) is 31.8 Å². The molecule has 142 valence electrons. The number of pyridine rings is 1. The molecule has 0 spiro atoms. The zero-order chi connectivity index (χ0) is 18.4. The molecule has 6 rings (SSSR count). The fourth-order valence-corrected chi connectivity index (χ4v) is 4.40. The van der Waals surface area contributed by atoms with Crippen LogP contribution < -0.4 is 15.5 Å². The van der Waals surface area contributed by atoms with Crippen LogP contribution in [-0.2, 0) is 4.79 Å². The molecule has 0 radical (unpaired) electrons. The largest absolute Gasteiger partial charge is 0.440 e. The third-order valence-corrected chi connectivity index (χ3v) is 5.94. The number of fused-ring (bicyclic) bond motifs is 4. The maximum atomic E-state index is 12.7. The molecule has 0 unspecified atom stereocenters. The summed E-state index contributed by atoms with van der Waals surface area (Å²) >= 11 is 0. The molecule has 6 heterocycles. The first kappa shape index (κ1) is 16.6. The van der Waals surface area contributed by atoms with Gasteiger partial charge in [-0.25, -0.2) is 0 Å². The molecule has 2 N–H and O–H groups in total. The van der Waals surface area contributed by atoms with Crippen LogP contribution in [0, 0.1) is 5.92 Å². The molecular formula is C19H23N5O3. The van der Waals surface area contributed by atoms with Gasteiger partial charge in [0.1, 0.15) is 11.3 Å². The Bertz CT molecular complexity index is 887. The van der Waals surface area contributed by atoms with E-state index in [-0.39, 0.29) is 24.4 Å². The highest BCUT2D eigenvalue weighted by atomic mass is 16.4. The van der Waals surface area contributed by atoms with Gasteiger partial charge in [0.05, 0.1) is 6.54 Å². The van der Waals surface area contributed by atoms with Crippen molar-refractivity contribution < 1.29 is 14.0 Å². The lowest BCUT2D eigenvalue weighted by Gasteiger charge is -2.44. The molecular weight excluding hydrogens is 346 g/mol. The van der Waals surface area contributed by atoms with Crippen LogP contribution in [0.2, 0.25) is 0 Å². The van der Waals surface area contributed by atoms with Crippen LogP contribution in [0.1, 0.15) is 23.3 Å². The second-order valence-corrected chi connectivity index (χ2v) is 7.68. The number of carbonyl (C=O) groups excluding carboxylic acids is 2. The number of nitrogens with zero attached hydrogens (tertiary/aromatic N) is 3. The minimum absolute atomic E-state index is 0.0163. The maximum absolute atomic E-state index is 12.7. The molecule has 4 fully saturated rings. The minimum atomic E-state index is -0.147. The van der Waals surface area contributed by atoms with Gasteiger partial charge in [0.25, 0.3) is 5.91 Å². The van der Waals surface area contributed by atoms with Gasteiger partial charge < -0.3 is 24.9 Å². The summed E-state index contributed by atoms with van der Waals surface area (Å²) in [5.74, 6) is 1.04. The third-order valence-electron chi connectivity index (χ3n) is 5.94. The molecule has 8 nitrogen and oxygen atoms in total. The predicted molar refractivity (Wildman–Crippen MR) is 99.6 cm³/mol. The van der Waals surface area contributed by atoms with Crippen LogP contribution in [0.3, 0.4) is 0 Å². The number of nitrogens with one attached hydrogen (secondary N) is 2. The number of rotatable bonds is 3. The highest BCUT2D eigenvalue weighted by Gasteiger charge is 2.35. The summed E-state index contributed by atoms with van der Waals surface area (Å²) in [4.78, 5) is 32.9. The number of piperidine rings is 3. The van der Waals surface area contributed by atoms with Gasteiger partial charge in [-0.3, -0.25) is 14.6 Å². The van der Waals surface area contributed by atoms with E-state index in [0.29, 0.717) is 36.2 Å². The van der Waals surface area contributed by atoms with Crippen molar-refractivity contribution in [3.8, 4) is 0 Å². The first-order valence-electron chi connectivity index (χ1n) is 9.60. The number of furan rings is 1. The lowest BCUT2D eigenvalue weighted by molar-refractivity contribution is -0.120. The Labute approximate surface area is 156 Å². The zero-order valence-corrected chi connectivity index (χ0v) is 15.1. The van der Waals surface area contributed by atoms with Gasteiger partial charge in [0.2, 0.25) is 5.91 Å². The van der Waals surface area contributed by atoms with Crippen molar-refractivity contribution >= 4 is 28.7 Å². The molecule has 2 aromatic rings. The Balaban J connectivity index is 1.33. The van der Waals surface area contributed by atoms with E-state index in [1.807, 2.05) is 11.0 Å². The monoisotopic (exact) mass is 369 g/mol. The fraction of sp³-hybridized carbons (Fsp3) is 0.526. The predicted octanol–water partition coefficient (Wildman–Crippen LogP) is 0.588. The van der Waals surface area contributed by atoms with Gasteiger partial charge in [-0.15, -0.1) is 0 Å². The molecule has 0 saturated carbocycles. The Kier molecular flexibility index (Phi) is 4.00. The first-order valence-corrected chi connectivity index (χ1v) is 9.60. The number of amides is 2. The molecule has 0 aromatic carbocycles. The van der Waals surface area contributed by atoms with Crippen LogP contribution in [-0.4, -0.2) is 67.0 Å². The van der Waals surface area contributed by atoms with Crippen LogP contribution in [0.25, 0.3) is 11.0 Å². The smallest absolute Gasteiger partial charge is 0.270 e. The van der Waals surface area contributed by atoms with Gasteiger partial charge >= 0.3 is 0 Å². The highest BCUT2D eigenvalue weighted by Crippen LogP contribution is 2.29. The van der Waals surface area contributed by atoms with Crippen molar-refractivity contribution in [2.24, 2.45) is 5.92 Å². The third kappa shape index (κ3) is 3.14. The number of piperazine rings is 1. The van der Waals surface area contributed by atoms with E-state index in [1.165, 1.54) is 0 Å². The van der Waals surface area contributed by atoms with E-state index >= 15 is 0 Å². The molecule has 1 atom stereocenters. The van der Waals surface area contributed by atoms with Crippen LogP contribution in [0.5, 0.6) is 0 Å². The molecule has 4 aliphatic rings. The minimum Gasteiger partial charge on any atom is -0.440 e. The zero-order valence-electron chi connectivity index (χ0n) is 15.1. The second kappa shape index (κ2) is 6.53. The SMILES string of the molecule is O=C1CN(c2cc3cnc(C(=O)N[C@H]4CN5CCC4CC5)cc3o2)CCN1. The van der Waals surface area contributed by atoms with E-state index < -0.39 is 0 Å². The number of aromatic nitrogens is 1.